The summed E-state index contributed by atoms with van der Waals surface area (Å²) in [5.74, 6) is -1.13. The second kappa shape index (κ2) is 6.65. The molecule has 1 heterocycles. The highest BCUT2D eigenvalue weighted by Gasteiger charge is 2.07. The average Bonchev–Trinajstić information content (AvgIpc) is 2.44. The lowest BCUT2D eigenvalue weighted by molar-refractivity contribution is 0.251. The van der Waals surface area contributed by atoms with Crippen LogP contribution >= 0.6 is 0 Å². The minimum Gasteiger partial charge on any atom is -0.481 e. The Kier molecular flexibility index (Phi) is 4.65. The minimum absolute atomic E-state index is 0.0307. The molecule has 0 unspecified atom stereocenters. The first-order chi connectivity index (χ1) is 10.1. The third-order valence-corrected chi connectivity index (χ3v) is 2.60. The Labute approximate surface area is 120 Å². The molecular formula is C14H13F2N3O2. The number of anilines is 1. The van der Waals surface area contributed by atoms with Gasteiger partial charge in [0.25, 0.3) is 0 Å². The Morgan fingerprint density at radius 2 is 2.00 bits per heavy atom. The van der Waals surface area contributed by atoms with Crippen molar-refractivity contribution in [2.75, 3.05) is 12.4 Å². The predicted molar refractivity (Wildman–Crippen MR) is 73.0 cm³/mol. The van der Waals surface area contributed by atoms with Gasteiger partial charge < -0.3 is 15.4 Å². The number of nitrogens with one attached hydrogen (secondary N) is 2. The Morgan fingerprint density at radius 1 is 1.29 bits per heavy atom. The lowest BCUT2D eigenvalue weighted by Crippen LogP contribution is -2.28. The van der Waals surface area contributed by atoms with Gasteiger partial charge in [0.2, 0.25) is 5.88 Å². The molecule has 1 aromatic carbocycles. The molecule has 5 nitrogen and oxygen atoms in total. The van der Waals surface area contributed by atoms with Gasteiger partial charge in [0.05, 0.1) is 7.11 Å². The first kappa shape index (κ1) is 14.7. The van der Waals surface area contributed by atoms with Crippen molar-refractivity contribution < 1.29 is 18.3 Å². The predicted octanol–water partition coefficient (Wildman–Crippen LogP) is 2.69. The van der Waals surface area contributed by atoms with Gasteiger partial charge in [-0.2, -0.15) is 0 Å². The molecule has 0 aliphatic carbocycles. The van der Waals surface area contributed by atoms with Crippen molar-refractivity contribution >= 4 is 11.7 Å². The van der Waals surface area contributed by atoms with Crippen LogP contribution in [0.5, 0.6) is 5.88 Å². The smallest absolute Gasteiger partial charge is 0.319 e. The van der Waals surface area contributed by atoms with Gasteiger partial charge in [-0.3, -0.25) is 0 Å². The molecule has 0 fully saturated rings. The summed E-state index contributed by atoms with van der Waals surface area (Å²) in [4.78, 5) is 15.7. The van der Waals surface area contributed by atoms with Gasteiger partial charge in [0.15, 0.2) is 0 Å². The minimum atomic E-state index is -0.765. The monoisotopic (exact) mass is 293 g/mol. The number of amides is 2. The number of benzene rings is 1. The highest BCUT2D eigenvalue weighted by Crippen LogP contribution is 2.14. The van der Waals surface area contributed by atoms with Crippen molar-refractivity contribution in [1.82, 2.24) is 10.3 Å². The Balaban J connectivity index is 1.96. The van der Waals surface area contributed by atoms with E-state index in [2.05, 4.69) is 15.6 Å². The van der Waals surface area contributed by atoms with Gasteiger partial charge in [0.1, 0.15) is 11.6 Å². The van der Waals surface area contributed by atoms with E-state index in [0.29, 0.717) is 11.4 Å². The van der Waals surface area contributed by atoms with Crippen molar-refractivity contribution in [2.45, 2.75) is 6.54 Å². The van der Waals surface area contributed by atoms with E-state index in [9.17, 15) is 13.6 Å². The lowest BCUT2D eigenvalue weighted by Gasteiger charge is -2.10. The third kappa shape index (κ3) is 4.13. The molecule has 0 radical (unpaired) electrons. The zero-order chi connectivity index (χ0) is 15.2. The lowest BCUT2D eigenvalue weighted by atomic mass is 10.2. The molecule has 0 bridgehead atoms. The van der Waals surface area contributed by atoms with E-state index in [-0.39, 0.29) is 12.2 Å². The van der Waals surface area contributed by atoms with Crippen LogP contribution in [0.2, 0.25) is 0 Å². The largest absolute Gasteiger partial charge is 0.481 e. The summed E-state index contributed by atoms with van der Waals surface area (Å²) in [5, 5.41) is 4.89. The van der Waals surface area contributed by atoms with Crippen LogP contribution in [0.25, 0.3) is 0 Å². The SMILES string of the molecule is COc1ncccc1CNC(=O)Nc1cc(F)cc(F)c1. The van der Waals surface area contributed by atoms with Crippen LogP contribution < -0.4 is 15.4 Å². The molecule has 2 rings (SSSR count). The molecule has 0 spiro atoms. The van der Waals surface area contributed by atoms with Gasteiger partial charge >= 0.3 is 6.03 Å². The Morgan fingerprint density at radius 3 is 2.67 bits per heavy atom. The number of pyridine rings is 1. The maximum Gasteiger partial charge on any atom is 0.319 e. The fourth-order valence-corrected chi connectivity index (χ4v) is 1.72. The van der Waals surface area contributed by atoms with Crippen molar-refractivity contribution in [3.05, 3.63) is 53.7 Å². The standard InChI is InChI=1S/C14H13F2N3O2/c1-21-13-9(3-2-4-17-13)8-18-14(20)19-12-6-10(15)5-11(16)7-12/h2-7H,8H2,1H3,(H2,18,19,20). The molecule has 0 aliphatic rings. The number of ether oxygens (including phenoxy) is 1. The van der Waals surface area contributed by atoms with Gasteiger partial charge in [0, 0.05) is 30.1 Å². The topological polar surface area (TPSA) is 63.2 Å². The summed E-state index contributed by atoms with van der Waals surface area (Å²) in [6, 6.07) is 5.63. The molecule has 21 heavy (non-hydrogen) atoms. The molecule has 0 saturated heterocycles. The van der Waals surface area contributed by atoms with Crippen LogP contribution in [0.3, 0.4) is 0 Å². The molecule has 0 atom stereocenters. The molecule has 2 amide bonds. The molecule has 1 aromatic heterocycles. The molecular weight excluding hydrogens is 280 g/mol. The molecule has 110 valence electrons. The van der Waals surface area contributed by atoms with Crippen molar-refractivity contribution in [2.24, 2.45) is 0 Å². The van der Waals surface area contributed by atoms with Crippen LogP contribution in [-0.4, -0.2) is 18.1 Å². The average molecular weight is 293 g/mol. The number of halogens is 2. The van der Waals surface area contributed by atoms with Crippen molar-refractivity contribution in [3.63, 3.8) is 0 Å². The van der Waals surface area contributed by atoms with E-state index in [4.69, 9.17) is 4.74 Å². The molecule has 0 aliphatic heterocycles. The van der Waals surface area contributed by atoms with E-state index in [1.165, 1.54) is 7.11 Å². The first-order valence-electron chi connectivity index (χ1n) is 6.07. The van der Waals surface area contributed by atoms with Gasteiger partial charge in [-0.25, -0.2) is 18.6 Å². The number of nitrogens with zero attached hydrogens (tertiary/aromatic N) is 1. The van der Waals surface area contributed by atoms with Gasteiger partial charge in [-0.15, -0.1) is 0 Å². The summed E-state index contributed by atoms with van der Waals surface area (Å²) in [6.45, 7) is 0.167. The summed E-state index contributed by atoms with van der Waals surface area (Å²) in [6.07, 6.45) is 1.57. The van der Waals surface area contributed by atoms with Gasteiger partial charge in [-0.05, 0) is 18.2 Å². The second-order valence-electron chi connectivity index (χ2n) is 4.14. The highest BCUT2D eigenvalue weighted by atomic mass is 19.1. The number of urea groups is 1. The highest BCUT2D eigenvalue weighted by molar-refractivity contribution is 5.89. The molecule has 7 heteroatoms. The van der Waals surface area contributed by atoms with Crippen molar-refractivity contribution in [1.29, 1.82) is 0 Å². The number of carbonyl (C=O) groups excluding carboxylic acids is 1. The maximum absolute atomic E-state index is 13.0. The van der Waals surface area contributed by atoms with Crippen LogP contribution in [-0.2, 0) is 6.54 Å². The first-order valence-corrected chi connectivity index (χ1v) is 6.07. The number of methoxy groups -OCH3 is 1. The van der Waals surface area contributed by atoms with Crippen LogP contribution in [0.15, 0.2) is 36.5 Å². The third-order valence-electron chi connectivity index (χ3n) is 2.60. The molecule has 0 saturated carbocycles. The number of hydrogen-bond donors (Lipinski definition) is 2. The molecule has 2 N–H and O–H groups in total. The van der Waals surface area contributed by atoms with E-state index in [1.807, 2.05) is 0 Å². The van der Waals surface area contributed by atoms with Crippen LogP contribution in [0.4, 0.5) is 19.3 Å². The van der Waals surface area contributed by atoms with Crippen LogP contribution in [0.1, 0.15) is 5.56 Å². The normalized spacial score (nSPS) is 10.0. The summed E-state index contributed by atoms with van der Waals surface area (Å²) in [7, 11) is 1.47. The fraction of sp³-hybridized carbons (Fsp3) is 0.143. The van der Waals surface area contributed by atoms with E-state index in [0.717, 1.165) is 18.2 Å². The Hall–Kier alpha value is -2.70. The summed E-state index contributed by atoms with van der Waals surface area (Å²) < 4.78 is 31.0. The molecule has 2 aromatic rings. The zero-order valence-electron chi connectivity index (χ0n) is 11.2. The number of aromatic nitrogens is 1. The van der Waals surface area contributed by atoms with Crippen LogP contribution in [0, 0.1) is 11.6 Å². The van der Waals surface area contributed by atoms with E-state index < -0.39 is 17.7 Å². The number of carbonyl (C=O) groups is 1. The maximum atomic E-state index is 13.0. The van der Waals surface area contributed by atoms with E-state index >= 15 is 0 Å². The summed E-state index contributed by atoms with van der Waals surface area (Å²) >= 11 is 0. The van der Waals surface area contributed by atoms with Gasteiger partial charge in [-0.1, -0.05) is 6.07 Å². The van der Waals surface area contributed by atoms with E-state index in [1.54, 1.807) is 18.3 Å². The number of hydrogen-bond acceptors (Lipinski definition) is 3. The van der Waals surface area contributed by atoms with Crippen molar-refractivity contribution in [3.8, 4) is 5.88 Å². The zero-order valence-corrected chi connectivity index (χ0v) is 11.2. The Bertz CT molecular complexity index is 630. The number of rotatable bonds is 4. The second-order valence-corrected chi connectivity index (χ2v) is 4.14. The summed E-state index contributed by atoms with van der Waals surface area (Å²) in [5.41, 5.74) is 0.712. The quantitative estimate of drug-likeness (QED) is 0.911. The fourth-order valence-electron chi connectivity index (χ4n) is 1.72.